The summed E-state index contributed by atoms with van der Waals surface area (Å²) < 4.78 is 1.98. The maximum atomic E-state index is 7.24. The van der Waals surface area contributed by atoms with E-state index in [0.29, 0.717) is 5.02 Å². The minimum absolute atomic E-state index is 0.645. The lowest BCUT2D eigenvalue weighted by atomic mass is 9.95. The zero-order valence-electron chi connectivity index (χ0n) is 23.4. The molecular formula is C39H27ClN2S. The number of nitrogens with zero attached hydrogens (tertiary/aromatic N) is 2. The van der Waals surface area contributed by atoms with Gasteiger partial charge in [-0.3, -0.25) is 0 Å². The average Bonchev–Trinajstić information content (AvgIpc) is 3.46. The summed E-state index contributed by atoms with van der Waals surface area (Å²) in [5.41, 5.74) is 8.19. The summed E-state index contributed by atoms with van der Waals surface area (Å²) in [4.78, 5) is 2.00. The summed E-state index contributed by atoms with van der Waals surface area (Å²) in [6.07, 6.45) is 3.81. The Morgan fingerprint density at radius 1 is 0.628 bits per heavy atom. The monoisotopic (exact) mass is 590 g/mol. The van der Waals surface area contributed by atoms with E-state index in [4.69, 9.17) is 16.7 Å². The fourth-order valence-electron chi connectivity index (χ4n) is 5.74. The number of aromatic nitrogens is 2. The third-order valence-corrected chi connectivity index (χ3v) is 9.40. The number of benzene rings is 6. The first-order valence-electron chi connectivity index (χ1n) is 14.1. The first kappa shape index (κ1) is 27.0. The van der Waals surface area contributed by atoms with Crippen LogP contribution in [0.4, 0.5) is 0 Å². The van der Waals surface area contributed by atoms with Crippen LogP contribution >= 0.6 is 23.4 Å². The summed E-state index contributed by atoms with van der Waals surface area (Å²) in [7, 11) is 0. The Bertz CT molecular complexity index is 2150. The van der Waals surface area contributed by atoms with Crippen molar-refractivity contribution in [2.75, 3.05) is 0 Å². The molecule has 0 amide bonds. The van der Waals surface area contributed by atoms with Crippen molar-refractivity contribution in [3.05, 3.63) is 157 Å². The molecule has 6 aromatic carbocycles. The van der Waals surface area contributed by atoms with Crippen LogP contribution in [0.5, 0.6) is 0 Å². The Labute approximate surface area is 260 Å². The molecule has 0 radical (unpaired) electrons. The molecule has 7 rings (SSSR count). The summed E-state index contributed by atoms with van der Waals surface area (Å²) in [5, 5.41) is 9.29. The molecule has 0 aliphatic heterocycles. The average molecular weight is 591 g/mol. The highest BCUT2D eigenvalue weighted by molar-refractivity contribution is 7.99. The zero-order chi connectivity index (χ0) is 29.3. The van der Waals surface area contributed by atoms with Crippen molar-refractivity contribution in [3.63, 3.8) is 0 Å². The standard InChI is InChI=1S/C39H27ClN2S/c1-3-29-30(4-2)35(25-23-31(29)26-14-7-5-8-15-26)43-36-21-13-20-34(38(36)40)42-33-24-22-27-16-11-12-19-32(27)37(33)39(41-42)28-17-9-6-10-18-28/h3-25H,1-2H2. The van der Waals surface area contributed by atoms with E-state index in [1.807, 2.05) is 53.2 Å². The molecule has 206 valence electrons. The van der Waals surface area contributed by atoms with Crippen molar-refractivity contribution >= 4 is 57.2 Å². The predicted molar refractivity (Wildman–Crippen MR) is 185 cm³/mol. The van der Waals surface area contributed by atoms with Crippen LogP contribution in [0.25, 0.3) is 61.9 Å². The van der Waals surface area contributed by atoms with Gasteiger partial charge in [0.1, 0.15) is 5.69 Å². The molecule has 2 nitrogen and oxygen atoms in total. The van der Waals surface area contributed by atoms with Crippen LogP contribution in [-0.2, 0) is 0 Å². The summed E-state index contributed by atoms with van der Waals surface area (Å²) in [6.45, 7) is 8.27. The minimum atomic E-state index is 0.645. The summed E-state index contributed by atoms with van der Waals surface area (Å²) in [5.74, 6) is 0. The van der Waals surface area contributed by atoms with Gasteiger partial charge in [-0.1, -0.05) is 152 Å². The van der Waals surface area contributed by atoms with Crippen molar-refractivity contribution in [1.82, 2.24) is 9.78 Å². The lowest BCUT2D eigenvalue weighted by Gasteiger charge is -2.16. The molecule has 0 saturated carbocycles. The Balaban J connectivity index is 1.37. The number of hydrogen-bond donors (Lipinski definition) is 0. The van der Waals surface area contributed by atoms with Gasteiger partial charge < -0.3 is 0 Å². The molecule has 0 aliphatic rings. The molecule has 0 unspecified atom stereocenters. The molecule has 0 atom stereocenters. The smallest absolute Gasteiger partial charge is 0.101 e. The third kappa shape index (κ3) is 4.77. The SMILES string of the molecule is C=Cc1c(Sc2cccc(-n3nc(-c4ccccc4)c4c5ccccc5ccc43)c2Cl)ccc(-c2ccccc2)c1C=C. The van der Waals surface area contributed by atoms with E-state index in [0.717, 1.165) is 65.3 Å². The second-order valence-electron chi connectivity index (χ2n) is 10.2. The normalized spacial score (nSPS) is 11.2. The second-order valence-corrected chi connectivity index (χ2v) is 11.7. The lowest BCUT2D eigenvalue weighted by molar-refractivity contribution is 0.911. The van der Waals surface area contributed by atoms with Crippen LogP contribution in [0.3, 0.4) is 0 Å². The topological polar surface area (TPSA) is 17.8 Å². The van der Waals surface area contributed by atoms with Gasteiger partial charge in [0.25, 0.3) is 0 Å². The van der Waals surface area contributed by atoms with Crippen LogP contribution in [0.1, 0.15) is 11.1 Å². The van der Waals surface area contributed by atoms with Gasteiger partial charge in [-0.05, 0) is 57.3 Å². The Kier molecular flexibility index (Phi) is 7.20. The van der Waals surface area contributed by atoms with E-state index in [9.17, 15) is 0 Å². The Morgan fingerprint density at radius 2 is 1.33 bits per heavy atom. The fourth-order valence-corrected chi connectivity index (χ4v) is 7.08. The van der Waals surface area contributed by atoms with Crippen LogP contribution < -0.4 is 0 Å². The molecule has 0 fully saturated rings. The van der Waals surface area contributed by atoms with Crippen LogP contribution in [0.15, 0.2) is 150 Å². The van der Waals surface area contributed by atoms with Crippen LogP contribution in [0.2, 0.25) is 5.02 Å². The molecule has 0 spiro atoms. The Hall–Kier alpha value is -4.83. The molecule has 1 heterocycles. The second kappa shape index (κ2) is 11.4. The van der Waals surface area contributed by atoms with Crippen molar-refractivity contribution < 1.29 is 0 Å². The summed E-state index contributed by atoms with van der Waals surface area (Å²) in [6, 6.07) is 43.9. The van der Waals surface area contributed by atoms with Gasteiger partial charge >= 0.3 is 0 Å². The van der Waals surface area contributed by atoms with Crippen molar-refractivity contribution in [1.29, 1.82) is 0 Å². The maximum absolute atomic E-state index is 7.24. The van der Waals surface area contributed by atoms with E-state index < -0.39 is 0 Å². The van der Waals surface area contributed by atoms with Gasteiger partial charge in [-0.25, -0.2) is 4.68 Å². The van der Waals surface area contributed by atoms with E-state index in [-0.39, 0.29) is 0 Å². The Morgan fingerprint density at radius 3 is 2.07 bits per heavy atom. The van der Waals surface area contributed by atoms with E-state index >= 15 is 0 Å². The highest BCUT2D eigenvalue weighted by Crippen LogP contribution is 2.43. The largest absolute Gasteiger partial charge is 0.231 e. The molecule has 0 aliphatic carbocycles. The van der Waals surface area contributed by atoms with Gasteiger partial charge in [-0.15, -0.1) is 0 Å². The highest BCUT2D eigenvalue weighted by atomic mass is 35.5. The van der Waals surface area contributed by atoms with Crippen LogP contribution in [0, 0.1) is 0 Å². The number of hydrogen-bond acceptors (Lipinski definition) is 2. The molecule has 0 saturated heterocycles. The van der Waals surface area contributed by atoms with Gasteiger partial charge in [0.2, 0.25) is 0 Å². The van der Waals surface area contributed by atoms with E-state index in [1.165, 1.54) is 5.39 Å². The van der Waals surface area contributed by atoms with Crippen molar-refractivity contribution in [3.8, 4) is 28.1 Å². The first-order valence-corrected chi connectivity index (χ1v) is 15.3. The number of fused-ring (bicyclic) bond motifs is 3. The lowest BCUT2D eigenvalue weighted by Crippen LogP contribution is -1.98. The van der Waals surface area contributed by atoms with Gasteiger partial charge in [0.15, 0.2) is 0 Å². The van der Waals surface area contributed by atoms with Crippen LogP contribution in [-0.4, -0.2) is 9.78 Å². The molecule has 1 aromatic heterocycles. The quantitative estimate of drug-likeness (QED) is 0.184. The van der Waals surface area contributed by atoms with Gasteiger partial charge in [0.05, 0.1) is 16.2 Å². The number of halogens is 1. The fraction of sp³-hybridized carbons (Fsp3) is 0. The minimum Gasteiger partial charge on any atom is -0.231 e. The van der Waals surface area contributed by atoms with Gasteiger partial charge in [-0.2, -0.15) is 5.10 Å². The van der Waals surface area contributed by atoms with Crippen molar-refractivity contribution in [2.24, 2.45) is 0 Å². The van der Waals surface area contributed by atoms with E-state index in [1.54, 1.807) is 11.8 Å². The third-order valence-electron chi connectivity index (χ3n) is 7.75. The van der Waals surface area contributed by atoms with Gasteiger partial charge in [0, 0.05) is 20.7 Å². The van der Waals surface area contributed by atoms with Crippen molar-refractivity contribution in [2.45, 2.75) is 9.79 Å². The molecular weight excluding hydrogens is 564 g/mol. The number of rotatable bonds is 7. The first-order chi connectivity index (χ1) is 21.2. The highest BCUT2D eigenvalue weighted by Gasteiger charge is 2.20. The summed E-state index contributed by atoms with van der Waals surface area (Å²) >= 11 is 8.86. The molecule has 0 bridgehead atoms. The maximum Gasteiger partial charge on any atom is 0.101 e. The predicted octanol–water partition coefficient (Wildman–Crippen LogP) is 11.6. The molecule has 0 N–H and O–H groups in total. The van der Waals surface area contributed by atoms with E-state index in [2.05, 4.69) is 104 Å². The molecule has 7 aromatic rings. The zero-order valence-corrected chi connectivity index (χ0v) is 24.9. The molecule has 43 heavy (non-hydrogen) atoms. The molecule has 4 heteroatoms.